The standard InChI is InChI=1S/C9H12N2O2S/c1-6(14)9(13)11-8-4-2-3-7(5-12)10-8/h2-4,6,12,14H,5H2,1H3,(H,10,11,13). The van der Waals surface area contributed by atoms with Gasteiger partial charge in [0.25, 0.3) is 0 Å². The largest absolute Gasteiger partial charge is 0.390 e. The number of carbonyl (C=O) groups excluding carboxylic acids is 1. The van der Waals surface area contributed by atoms with Gasteiger partial charge in [0.1, 0.15) is 5.82 Å². The molecule has 0 fully saturated rings. The molecule has 0 saturated carbocycles. The predicted molar refractivity (Wildman–Crippen MR) is 57.2 cm³/mol. The second-order valence-electron chi connectivity index (χ2n) is 2.84. The molecule has 14 heavy (non-hydrogen) atoms. The van der Waals surface area contributed by atoms with Gasteiger partial charge in [-0.25, -0.2) is 4.98 Å². The molecule has 1 aromatic heterocycles. The monoisotopic (exact) mass is 212 g/mol. The molecule has 1 amide bonds. The predicted octanol–water partition coefficient (Wildman–Crippen LogP) is 0.831. The van der Waals surface area contributed by atoms with Gasteiger partial charge in [-0.05, 0) is 19.1 Å². The molecule has 1 unspecified atom stereocenters. The second kappa shape index (κ2) is 4.97. The zero-order valence-corrected chi connectivity index (χ0v) is 8.66. The van der Waals surface area contributed by atoms with Crippen molar-refractivity contribution in [3.63, 3.8) is 0 Å². The van der Waals surface area contributed by atoms with Crippen molar-refractivity contribution in [2.75, 3.05) is 5.32 Å². The molecule has 1 rings (SSSR count). The molecule has 1 heterocycles. The van der Waals surface area contributed by atoms with E-state index in [1.165, 1.54) is 0 Å². The number of nitrogens with zero attached hydrogens (tertiary/aromatic N) is 1. The lowest BCUT2D eigenvalue weighted by Gasteiger charge is -2.06. The van der Waals surface area contributed by atoms with E-state index in [0.29, 0.717) is 11.5 Å². The number of aliphatic hydroxyl groups excluding tert-OH is 1. The Morgan fingerprint density at radius 2 is 2.43 bits per heavy atom. The fourth-order valence-electron chi connectivity index (χ4n) is 0.868. The Labute approximate surface area is 87.8 Å². The number of anilines is 1. The maximum atomic E-state index is 11.2. The van der Waals surface area contributed by atoms with Crippen LogP contribution >= 0.6 is 12.6 Å². The Morgan fingerprint density at radius 3 is 3.00 bits per heavy atom. The molecule has 0 spiro atoms. The number of aliphatic hydroxyl groups is 1. The maximum absolute atomic E-state index is 11.2. The first kappa shape index (κ1) is 11.0. The minimum absolute atomic E-state index is 0.139. The van der Waals surface area contributed by atoms with Gasteiger partial charge in [-0.1, -0.05) is 6.07 Å². The molecule has 0 bridgehead atoms. The molecule has 1 atom stereocenters. The first-order chi connectivity index (χ1) is 6.63. The summed E-state index contributed by atoms with van der Waals surface area (Å²) in [5.41, 5.74) is 0.523. The number of aromatic nitrogens is 1. The molecule has 5 heteroatoms. The third-order valence-electron chi connectivity index (χ3n) is 1.60. The normalized spacial score (nSPS) is 12.2. The van der Waals surface area contributed by atoms with E-state index in [2.05, 4.69) is 22.9 Å². The van der Waals surface area contributed by atoms with Crippen LogP contribution in [0.15, 0.2) is 18.2 Å². The first-order valence-corrected chi connectivity index (χ1v) is 4.71. The lowest BCUT2D eigenvalue weighted by molar-refractivity contribution is -0.115. The van der Waals surface area contributed by atoms with E-state index >= 15 is 0 Å². The average molecular weight is 212 g/mol. The van der Waals surface area contributed by atoms with Crippen LogP contribution in [-0.2, 0) is 11.4 Å². The van der Waals surface area contributed by atoms with Crippen LogP contribution in [0.4, 0.5) is 5.82 Å². The number of carbonyl (C=O) groups is 1. The van der Waals surface area contributed by atoms with Crippen LogP contribution in [0.2, 0.25) is 0 Å². The summed E-state index contributed by atoms with van der Waals surface area (Å²) in [5, 5.41) is 11.0. The summed E-state index contributed by atoms with van der Waals surface area (Å²) in [6.07, 6.45) is 0. The summed E-state index contributed by atoms with van der Waals surface area (Å²) in [7, 11) is 0. The highest BCUT2D eigenvalue weighted by atomic mass is 32.1. The number of hydrogen-bond acceptors (Lipinski definition) is 4. The fourth-order valence-corrected chi connectivity index (χ4v) is 0.932. The van der Waals surface area contributed by atoms with Crippen molar-refractivity contribution in [2.24, 2.45) is 0 Å². The van der Waals surface area contributed by atoms with E-state index in [-0.39, 0.29) is 17.8 Å². The van der Waals surface area contributed by atoms with E-state index in [4.69, 9.17) is 5.11 Å². The van der Waals surface area contributed by atoms with E-state index in [9.17, 15) is 4.79 Å². The molecular weight excluding hydrogens is 200 g/mol. The summed E-state index contributed by atoms with van der Waals surface area (Å²) in [4.78, 5) is 15.2. The zero-order chi connectivity index (χ0) is 10.6. The van der Waals surface area contributed by atoms with Crippen LogP contribution in [0.3, 0.4) is 0 Å². The van der Waals surface area contributed by atoms with Crippen molar-refractivity contribution in [1.82, 2.24) is 4.98 Å². The lowest BCUT2D eigenvalue weighted by Crippen LogP contribution is -2.21. The molecule has 76 valence electrons. The third-order valence-corrected chi connectivity index (χ3v) is 1.83. The number of amides is 1. The fraction of sp³-hybridized carbons (Fsp3) is 0.333. The van der Waals surface area contributed by atoms with Gasteiger partial charge in [0, 0.05) is 0 Å². The highest BCUT2D eigenvalue weighted by molar-refractivity contribution is 7.81. The Bertz CT molecular complexity index is 328. The van der Waals surface area contributed by atoms with Crippen molar-refractivity contribution in [3.8, 4) is 0 Å². The van der Waals surface area contributed by atoms with Crippen LogP contribution in [0.25, 0.3) is 0 Å². The number of nitrogens with one attached hydrogen (secondary N) is 1. The minimum atomic E-state index is -0.380. The molecular formula is C9H12N2O2S. The quantitative estimate of drug-likeness (QED) is 0.650. The Balaban J connectivity index is 2.72. The van der Waals surface area contributed by atoms with Gasteiger partial charge in [-0.15, -0.1) is 0 Å². The van der Waals surface area contributed by atoms with Gasteiger partial charge >= 0.3 is 0 Å². The third kappa shape index (κ3) is 3.01. The topological polar surface area (TPSA) is 62.2 Å². The molecule has 0 aromatic carbocycles. The van der Waals surface area contributed by atoms with Gasteiger partial charge in [0.05, 0.1) is 17.6 Å². The summed E-state index contributed by atoms with van der Waals surface area (Å²) in [6, 6.07) is 5.06. The van der Waals surface area contributed by atoms with E-state index in [1.54, 1.807) is 25.1 Å². The van der Waals surface area contributed by atoms with Crippen LogP contribution in [0.5, 0.6) is 0 Å². The number of hydrogen-bond donors (Lipinski definition) is 3. The lowest BCUT2D eigenvalue weighted by atomic mass is 10.3. The number of pyridine rings is 1. The second-order valence-corrected chi connectivity index (χ2v) is 3.61. The molecule has 0 aliphatic carbocycles. The van der Waals surface area contributed by atoms with Gasteiger partial charge < -0.3 is 10.4 Å². The number of thiol groups is 1. The van der Waals surface area contributed by atoms with Crippen molar-refractivity contribution in [2.45, 2.75) is 18.8 Å². The summed E-state index contributed by atoms with van der Waals surface area (Å²) in [6.45, 7) is 1.54. The molecule has 0 saturated heterocycles. The Hall–Kier alpha value is -1.07. The van der Waals surface area contributed by atoms with Crippen LogP contribution in [-0.4, -0.2) is 21.2 Å². The zero-order valence-electron chi connectivity index (χ0n) is 7.77. The molecule has 4 nitrogen and oxygen atoms in total. The minimum Gasteiger partial charge on any atom is -0.390 e. The highest BCUT2D eigenvalue weighted by Gasteiger charge is 2.08. The molecule has 0 aliphatic heterocycles. The van der Waals surface area contributed by atoms with Gasteiger partial charge in [0.2, 0.25) is 5.91 Å². The van der Waals surface area contributed by atoms with Gasteiger partial charge in [-0.3, -0.25) is 4.79 Å². The van der Waals surface area contributed by atoms with E-state index < -0.39 is 0 Å². The van der Waals surface area contributed by atoms with Gasteiger partial charge in [-0.2, -0.15) is 12.6 Å². The van der Waals surface area contributed by atoms with E-state index in [0.717, 1.165) is 0 Å². The average Bonchev–Trinajstić information content (AvgIpc) is 2.18. The van der Waals surface area contributed by atoms with Crippen molar-refractivity contribution in [3.05, 3.63) is 23.9 Å². The van der Waals surface area contributed by atoms with Crippen molar-refractivity contribution >= 4 is 24.4 Å². The molecule has 0 radical (unpaired) electrons. The summed E-state index contributed by atoms with van der Waals surface area (Å²) in [5.74, 6) is 0.221. The van der Waals surface area contributed by atoms with Gasteiger partial charge in [0.15, 0.2) is 0 Å². The molecule has 1 aromatic rings. The van der Waals surface area contributed by atoms with Crippen molar-refractivity contribution in [1.29, 1.82) is 0 Å². The maximum Gasteiger partial charge on any atom is 0.238 e. The van der Waals surface area contributed by atoms with E-state index in [1.807, 2.05) is 0 Å². The molecule has 0 aliphatic rings. The Morgan fingerprint density at radius 1 is 1.71 bits per heavy atom. The smallest absolute Gasteiger partial charge is 0.238 e. The SMILES string of the molecule is CC(S)C(=O)Nc1cccc(CO)n1. The molecule has 2 N–H and O–H groups in total. The van der Waals surface area contributed by atoms with Crippen LogP contribution < -0.4 is 5.32 Å². The summed E-state index contributed by atoms with van der Waals surface area (Å²) < 4.78 is 0. The summed E-state index contributed by atoms with van der Waals surface area (Å²) >= 11 is 3.98. The van der Waals surface area contributed by atoms with Crippen molar-refractivity contribution < 1.29 is 9.90 Å². The Kier molecular flexibility index (Phi) is 3.91. The van der Waals surface area contributed by atoms with Crippen LogP contribution in [0, 0.1) is 0 Å². The number of rotatable bonds is 3. The van der Waals surface area contributed by atoms with Crippen LogP contribution in [0.1, 0.15) is 12.6 Å². The highest BCUT2D eigenvalue weighted by Crippen LogP contribution is 2.06. The first-order valence-electron chi connectivity index (χ1n) is 4.19.